The van der Waals surface area contributed by atoms with Gasteiger partial charge in [0.15, 0.2) is 0 Å². The number of fused-ring (bicyclic) bond motifs is 2. The van der Waals surface area contributed by atoms with Crippen molar-refractivity contribution in [2.75, 3.05) is 28.2 Å². The second-order valence-corrected chi connectivity index (χ2v) is 16.4. The zero-order valence-electron chi connectivity index (χ0n) is 27.1. The average Bonchev–Trinajstić information content (AvgIpc) is 3.65. The number of alkyl halides is 1. The van der Waals surface area contributed by atoms with E-state index in [9.17, 15) is 19.2 Å². The number of hydrogen-bond donors (Lipinski definition) is 1. The maximum absolute atomic E-state index is 12.9. The number of likely N-dealkylation sites (N-methyl/N-ethyl adjacent to an activating group) is 2. The second-order valence-electron chi connectivity index (χ2n) is 11.0. The number of aromatic amines is 1. The normalized spacial score (nSPS) is 10.6. The Morgan fingerprint density at radius 2 is 1.27 bits per heavy atom. The standard InChI is InChI=1S/C17H16BrN3O2S.C10H10BrN3O2S.C7H7Br/c1-20(2)15(22)9-14-19-12-8-13(18)24-16(12)17(23)21(14)10-11-6-4-3-5-7-11;1-14(2)8(15)4-7-12-5-3-6(11)17-9(5)10(16)13-7;8-6-7-4-2-1-3-5-7/h3-8H,9-10H2,1-2H3;3H,4H2,1-2H3,(H,12,13,16);1-5H,6H2. The lowest BCUT2D eigenvalue weighted by molar-refractivity contribution is -0.128. The Morgan fingerprint density at radius 1 is 0.755 bits per heavy atom. The van der Waals surface area contributed by atoms with Gasteiger partial charge in [-0.15, -0.1) is 22.7 Å². The Bertz CT molecular complexity index is 2160. The van der Waals surface area contributed by atoms with Crippen molar-refractivity contribution >= 4 is 103 Å². The number of rotatable bonds is 7. The summed E-state index contributed by atoms with van der Waals surface area (Å²) >= 11 is 12.8. The summed E-state index contributed by atoms with van der Waals surface area (Å²) in [7, 11) is 6.73. The van der Waals surface area contributed by atoms with E-state index >= 15 is 0 Å². The fourth-order valence-electron chi connectivity index (χ4n) is 4.30. The highest BCUT2D eigenvalue weighted by Gasteiger charge is 2.17. The highest BCUT2D eigenvalue weighted by molar-refractivity contribution is 9.11. The van der Waals surface area contributed by atoms with Gasteiger partial charge in [0.2, 0.25) is 11.8 Å². The van der Waals surface area contributed by atoms with Crippen LogP contribution in [0.2, 0.25) is 0 Å². The molecule has 15 heteroatoms. The number of halogens is 3. The molecule has 0 aliphatic rings. The quantitative estimate of drug-likeness (QED) is 0.175. The third-order valence-electron chi connectivity index (χ3n) is 6.89. The van der Waals surface area contributed by atoms with Gasteiger partial charge in [0.1, 0.15) is 21.0 Å². The molecule has 2 amide bonds. The molecule has 6 aromatic rings. The van der Waals surface area contributed by atoms with E-state index in [1.807, 2.05) is 54.6 Å². The van der Waals surface area contributed by atoms with Crippen LogP contribution in [0.25, 0.3) is 20.4 Å². The van der Waals surface area contributed by atoms with Crippen LogP contribution in [0, 0.1) is 0 Å². The van der Waals surface area contributed by atoms with Crippen LogP contribution in [-0.4, -0.2) is 69.3 Å². The SMILES string of the molecule is BrCc1ccccc1.CN(C)C(=O)Cc1nc2cc(Br)sc2c(=O)[nH]1.CN(C)C(=O)Cc1nc2cc(Br)sc2c(=O)n1Cc1ccccc1. The zero-order valence-corrected chi connectivity index (χ0v) is 33.5. The molecule has 256 valence electrons. The van der Waals surface area contributed by atoms with Crippen LogP contribution in [0.5, 0.6) is 0 Å². The number of carbonyl (C=O) groups excluding carboxylic acids is 2. The van der Waals surface area contributed by atoms with Crippen LogP contribution in [0.15, 0.2) is 90.0 Å². The Hall–Kier alpha value is -3.50. The molecule has 0 saturated carbocycles. The summed E-state index contributed by atoms with van der Waals surface area (Å²) in [5.74, 6) is 0.700. The first-order chi connectivity index (χ1) is 23.4. The van der Waals surface area contributed by atoms with Crippen molar-refractivity contribution < 1.29 is 9.59 Å². The van der Waals surface area contributed by atoms with Gasteiger partial charge in [-0.3, -0.25) is 23.7 Å². The van der Waals surface area contributed by atoms with Crippen molar-refractivity contribution in [2.45, 2.75) is 24.7 Å². The minimum Gasteiger partial charge on any atom is -0.348 e. The molecule has 0 fully saturated rings. The molecular formula is C34H33Br3N6O4S2. The molecule has 0 aliphatic carbocycles. The number of nitrogens with zero attached hydrogens (tertiary/aromatic N) is 5. The van der Waals surface area contributed by atoms with E-state index in [-0.39, 0.29) is 35.8 Å². The van der Waals surface area contributed by atoms with Crippen LogP contribution >= 0.6 is 70.5 Å². The first-order valence-electron chi connectivity index (χ1n) is 14.8. The van der Waals surface area contributed by atoms with Crippen molar-refractivity contribution in [1.82, 2.24) is 29.3 Å². The number of hydrogen-bond acceptors (Lipinski definition) is 8. The molecule has 49 heavy (non-hydrogen) atoms. The third kappa shape index (κ3) is 10.7. The fraction of sp³-hybridized carbons (Fsp3) is 0.235. The molecule has 0 radical (unpaired) electrons. The molecule has 0 unspecified atom stereocenters. The summed E-state index contributed by atoms with van der Waals surface area (Å²) in [5.41, 5.74) is 3.26. The molecule has 2 aromatic carbocycles. The predicted molar refractivity (Wildman–Crippen MR) is 209 cm³/mol. The van der Waals surface area contributed by atoms with Gasteiger partial charge in [-0.1, -0.05) is 76.6 Å². The minimum atomic E-state index is -0.202. The maximum atomic E-state index is 12.9. The monoisotopic (exact) mass is 890 g/mol. The van der Waals surface area contributed by atoms with Crippen molar-refractivity contribution in [3.63, 3.8) is 0 Å². The molecule has 0 atom stereocenters. The number of nitrogens with one attached hydrogen (secondary N) is 1. The Kier molecular flexibility index (Phi) is 14.0. The van der Waals surface area contributed by atoms with Gasteiger partial charge in [-0.25, -0.2) is 9.97 Å². The van der Waals surface area contributed by atoms with E-state index in [1.165, 1.54) is 38.0 Å². The molecule has 0 saturated heterocycles. The summed E-state index contributed by atoms with van der Waals surface area (Å²) < 4.78 is 4.46. The van der Waals surface area contributed by atoms with E-state index in [0.717, 1.165) is 18.5 Å². The Morgan fingerprint density at radius 3 is 1.80 bits per heavy atom. The van der Waals surface area contributed by atoms with Crippen LogP contribution in [0.1, 0.15) is 22.8 Å². The lowest BCUT2D eigenvalue weighted by Crippen LogP contribution is -2.30. The first-order valence-corrected chi connectivity index (χ1v) is 19.1. The van der Waals surface area contributed by atoms with Gasteiger partial charge in [-0.05, 0) is 55.1 Å². The molecule has 0 spiro atoms. The number of thiophene rings is 2. The highest BCUT2D eigenvalue weighted by atomic mass is 79.9. The van der Waals surface area contributed by atoms with Crippen LogP contribution in [0.4, 0.5) is 0 Å². The van der Waals surface area contributed by atoms with E-state index < -0.39 is 0 Å². The highest BCUT2D eigenvalue weighted by Crippen LogP contribution is 2.27. The predicted octanol–water partition coefficient (Wildman–Crippen LogP) is 6.86. The van der Waals surface area contributed by atoms with E-state index in [4.69, 9.17) is 0 Å². The van der Waals surface area contributed by atoms with Crippen molar-refractivity contribution in [1.29, 1.82) is 0 Å². The average molecular weight is 894 g/mol. The second kappa shape index (κ2) is 17.9. The maximum Gasteiger partial charge on any atom is 0.271 e. The first kappa shape index (κ1) is 38.3. The summed E-state index contributed by atoms with van der Waals surface area (Å²) in [4.78, 5) is 62.7. The number of amides is 2. The number of H-pyrrole nitrogens is 1. The van der Waals surface area contributed by atoms with Crippen LogP contribution < -0.4 is 11.1 Å². The van der Waals surface area contributed by atoms with Gasteiger partial charge < -0.3 is 14.8 Å². The largest absolute Gasteiger partial charge is 0.348 e. The van der Waals surface area contributed by atoms with Gasteiger partial charge in [0.25, 0.3) is 11.1 Å². The molecule has 4 aromatic heterocycles. The van der Waals surface area contributed by atoms with Crippen LogP contribution in [-0.2, 0) is 34.3 Å². The molecule has 0 aliphatic heterocycles. The molecule has 6 rings (SSSR count). The number of aromatic nitrogens is 4. The summed E-state index contributed by atoms with van der Waals surface area (Å²) in [6, 6.07) is 23.6. The molecule has 1 N–H and O–H groups in total. The lowest BCUT2D eigenvalue weighted by atomic mass is 10.2. The summed E-state index contributed by atoms with van der Waals surface area (Å²) in [6.07, 6.45) is 0.199. The minimum absolute atomic E-state index is 0.0858. The van der Waals surface area contributed by atoms with E-state index in [2.05, 4.69) is 74.9 Å². The molecule has 10 nitrogen and oxygen atoms in total. The fourth-order valence-corrected chi connectivity index (χ4v) is 7.57. The lowest BCUT2D eigenvalue weighted by Gasteiger charge is -2.14. The van der Waals surface area contributed by atoms with E-state index in [0.29, 0.717) is 38.6 Å². The summed E-state index contributed by atoms with van der Waals surface area (Å²) in [5, 5.41) is 0.952. The van der Waals surface area contributed by atoms with Crippen molar-refractivity contribution in [3.8, 4) is 0 Å². The van der Waals surface area contributed by atoms with Crippen molar-refractivity contribution in [3.05, 3.63) is 124 Å². The van der Waals surface area contributed by atoms with E-state index in [1.54, 1.807) is 38.8 Å². The zero-order chi connectivity index (χ0) is 35.7. The van der Waals surface area contributed by atoms with Crippen molar-refractivity contribution in [2.24, 2.45) is 0 Å². The molecular weight excluding hydrogens is 860 g/mol. The number of carbonyl (C=O) groups is 2. The smallest absolute Gasteiger partial charge is 0.271 e. The van der Waals surface area contributed by atoms with Gasteiger partial charge in [0, 0.05) is 33.5 Å². The molecule has 4 heterocycles. The van der Waals surface area contributed by atoms with Gasteiger partial charge in [-0.2, -0.15) is 0 Å². The van der Waals surface area contributed by atoms with Gasteiger partial charge >= 0.3 is 0 Å². The summed E-state index contributed by atoms with van der Waals surface area (Å²) in [6.45, 7) is 0.397. The third-order valence-corrected chi connectivity index (χ3v) is 10.8. The van der Waals surface area contributed by atoms with Crippen LogP contribution in [0.3, 0.4) is 0 Å². The Labute approximate surface area is 316 Å². The van der Waals surface area contributed by atoms with Gasteiger partial charge in [0.05, 0.1) is 38.0 Å². The topological polar surface area (TPSA) is 121 Å². The number of benzene rings is 2. The Balaban J connectivity index is 0.000000187. The molecule has 0 bridgehead atoms.